The molecule has 0 spiro atoms. The Morgan fingerprint density at radius 3 is 2.62 bits per heavy atom. The topological polar surface area (TPSA) is 78.0 Å². The van der Waals surface area contributed by atoms with E-state index in [4.69, 9.17) is 5.14 Å². The van der Waals surface area contributed by atoms with E-state index >= 15 is 0 Å². The zero-order chi connectivity index (χ0) is 12.3. The molecule has 1 aromatic heterocycles. The third-order valence-electron chi connectivity index (χ3n) is 2.13. The number of aromatic nitrogens is 2. The van der Waals surface area contributed by atoms with Gasteiger partial charge in [-0.3, -0.25) is 0 Å². The van der Waals surface area contributed by atoms with Crippen molar-refractivity contribution in [3.05, 3.63) is 12.0 Å². The van der Waals surface area contributed by atoms with Crippen LogP contribution in [0.3, 0.4) is 0 Å². The Labute approximate surface area is 100 Å². The number of hydrogen-bond acceptors (Lipinski definition) is 4. The summed E-state index contributed by atoms with van der Waals surface area (Å²) in [5.74, 6) is 1.86. The highest BCUT2D eigenvalue weighted by molar-refractivity contribution is 7.98. The lowest BCUT2D eigenvalue weighted by Crippen LogP contribution is -2.12. The van der Waals surface area contributed by atoms with Gasteiger partial charge in [0, 0.05) is 24.4 Å². The van der Waals surface area contributed by atoms with Crippen LogP contribution < -0.4 is 5.14 Å². The van der Waals surface area contributed by atoms with Gasteiger partial charge in [-0.1, -0.05) is 13.8 Å². The van der Waals surface area contributed by atoms with E-state index in [0.717, 1.165) is 18.1 Å². The number of primary sulfonamides is 1. The number of thioether (sulfide) groups is 1. The Kier molecular flexibility index (Phi) is 4.40. The molecule has 1 rings (SSSR count). The summed E-state index contributed by atoms with van der Waals surface area (Å²) in [5, 5.41) is 5.01. The van der Waals surface area contributed by atoms with Crippen LogP contribution in [0.2, 0.25) is 0 Å². The molecule has 0 fully saturated rings. The van der Waals surface area contributed by atoms with Crippen LogP contribution in [-0.4, -0.2) is 30.0 Å². The van der Waals surface area contributed by atoms with E-state index in [-0.39, 0.29) is 10.9 Å². The van der Waals surface area contributed by atoms with Crippen molar-refractivity contribution in [1.82, 2.24) is 9.55 Å². The highest BCUT2D eigenvalue weighted by Gasteiger charge is 2.17. The van der Waals surface area contributed by atoms with Gasteiger partial charge in [-0.25, -0.2) is 18.5 Å². The summed E-state index contributed by atoms with van der Waals surface area (Å²) in [4.78, 5) is 4.07. The molecule has 1 heterocycles. The Balaban J connectivity index is 3.10. The minimum atomic E-state index is -3.70. The average molecular weight is 263 g/mol. The molecule has 0 amide bonds. The molecule has 92 valence electrons. The molecule has 0 bridgehead atoms. The van der Waals surface area contributed by atoms with Crippen molar-refractivity contribution < 1.29 is 8.42 Å². The number of nitrogens with two attached hydrogens (primary N) is 1. The Morgan fingerprint density at radius 2 is 2.19 bits per heavy atom. The van der Waals surface area contributed by atoms with Crippen molar-refractivity contribution in [2.75, 3.05) is 12.0 Å². The fourth-order valence-electron chi connectivity index (χ4n) is 1.37. The summed E-state index contributed by atoms with van der Waals surface area (Å²) >= 11 is 1.70. The van der Waals surface area contributed by atoms with Crippen molar-refractivity contribution in [3.63, 3.8) is 0 Å². The van der Waals surface area contributed by atoms with E-state index in [1.807, 2.05) is 24.7 Å². The first-order chi connectivity index (χ1) is 7.36. The van der Waals surface area contributed by atoms with E-state index in [2.05, 4.69) is 4.98 Å². The smallest absolute Gasteiger partial charge is 0.257 e. The minimum Gasteiger partial charge on any atom is -0.332 e. The van der Waals surface area contributed by atoms with Crippen LogP contribution >= 0.6 is 11.8 Å². The van der Waals surface area contributed by atoms with Crippen LogP contribution in [0.15, 0.2) is 11.2 Å². The van der Waals surface area contributed by atoms with Gasteiger partial charge >= 0.3 is 0 Å². The number of aryl methyl sites for hydroxylation is 1. The molecule has 2 N–H and O–H groups in total. The molecule has 0 saturated heterocycles. The van der Waals surface area contributed by atoms with Crippen molar-refractivity contribution in [2.24, 2.45) is 5.14 Å². The molecule has 1 aromatic rings. The summed E-state index contributed by atoms with van der Waals surface area (Å²) in [6, 6.07) is 0. The van der Waals surface area contributed by atoms with E-state index < -0.39 is 10.0 Å². The van der Waals surface area contributed by atoms with Gasteiger partial charge in [0.15, 0.2) is 5.03 Å². The number of nitrogens with zero attached hydrogens (tertiary/aromatic N) is 2. The van der Waals surface area contributed by atoms with Crippen LogP contribution in [0, 0.1) is 0 Å². The van der Waals surface area contributed by atoms with E-state index in [1.165, 1.54) is 6.20 Å². The average Bonchev–Trinajstić information content (AvgIpc) is 2.57. The second-order valence-electron chi connectivity index (χ2n) is 3.82. The van der Waals surface area contributed by atoms with Gasteiger partial charge in [0.05, 0.1) is 0 Å². The number of hydrogen-bond donors (Lipinski definition) is 1. The third-order valence-corrected chi connectivity index (χ3v) is 3.50. The first-order valence-corrected chi connectivity index (χ1v) is 7.89. The first-order valence-electron chi connectivity index (χ1n) is 4.95. The molecule has 0 aliphatic heterocycles. The lowest BCUT2D eigenvalue weighted by atomic mass is 10.2. The van der Waals surface area contributed by atoms with Crippen LogP contribution in [0.1, 0.15) is 25.6 Å². The van der Waals surface area contributed by atoms with Gasteiger partial charge in [-0.15, -0.1) is 0 Å². The lowest BCUT2D eigenvalue weighted by molar-refractivity contribution is 0.594. The van der Waals surface area contributed by atoms with Crippen LogP contribution in [0.4, 0.5) is 0 Å². The summed E-state index contributed by atoms with van der Waals surface area (Å²) < 4.78 is 24.2. The molecule has 0 saturated carbocycles. The Morgan fingerprint density at radius 1 is 1.56 bits per heavy atom. The third kappa shape index (κ3) is 3.23. The maximum Gasteiger partial charge on any atom is 0.257 e. The zero-order valence-corrected chi connectivity index (χ0v) is 11.3. The van der Waals surface area contributed by atoms with Crippen molar-refractivity contribution in [2.45, 2.75) is 31.3 Å². The molecule has 0 radical (unpaired) electrons. The molecule has 0 aliphatic carbocycles. The van der Waals surface area contributed by atoms with Gasteiger partial charge in [-0.05, 0) is 6.26 Å². The quantitative estimate of drug-likeness (QED) is 0.860. The number of imidazole rings is 1. The first kappa shape index (κ1) is 13.5. The van der Waals surface area contributed by atoms with E-state index in [1.54, 1.807) is 11.8 Å². The van der Waals surface area contributed by atoms with E-state index in [9.17, 15) is 8.42 Å². The SMILES string of the molecule is CSCCn1cc(S(N)(=O)=O)nc1C(C)C. The number of rotatable bonds is 5. The predicted octanol–water partition coefficient (Wildman–Crippen LogP) is 1.02. The van der Waals surface area contributed by atoms with Crippen molar-refractivity contribution in [3.8, 4) is 0 Å². The van der Waals surface area contributed by atoms with Gasteiger partial charge < -0.3 is 4.57 Å². The van der Waals surface area contributed by atoms with Gasteiger partial charge in [0.2, 0.25) is 0 Å². The Hall–Kier alpha value is -0.530. The molecule has 16 heavy (non-hydrogen) atoms. The predicted molar refractivity (Wildman–Crippen MR) is 66.1 cm³/mol. The molecule has 7 heteroatoms. The van der Waals surface area contributed by atoms with Crippen LogP contribution in [0.5, 0.6) is 0 Å². The lowest BCUT2D eigenvalue weighted by Gasteiger charge is -2.08. The Bertz CT molecular complexity index is 451. The summed E-state index contributed by atoms with van der Waals surface area (Å²) in [6.45, 7) is 4.70. The van der Waals surface area contributed by atoms with Gasteiger partial charge in [-0.2, -0.15) is 11.8 Å². The maximum absolute atomic E-state index is 11.2. The fraction of sp³-hybridized carbons (Fsp3) is 0.667. The normalized spacial score (nSPS) is 12.3. The van der Waals surface area contributed by atoms with Gasteiger partial charge in [0.25, 0.3) is 10.0 Å². The summed E-state index contributed by atoms with van der Waals surface area (Å²) in [6.07, 6.45) is 3.52. The van der Waals surface area contributed by atoms with Crippen LogP contribution in [-0.2, 0) is 16.6 Å². The molecule has 0 aromatic carbocycles. The zero-order valence-electron chi connectivity index (χ0n) is 9.67. The largest absolute Gasteiger partial charge is 0.332 e. The van der Waals surface area contributed by atoms with Crippen molar-refractivity contribution >= 4 is 21.8 Å². The minimum absolute atomic E-state index is 0.0442. The second kappa shape index (κ2) is 5.20. The monoisotopic (exact) mass is 263 g/mol. The molecule has 0 aliphatic rings. The summed E-state index contributed by atoms with van der Waals surface area (Å²) in [7, 11) is -3.70. The fourth-order valence-corrected chi connectivity index (χ4v) is 2.25. The number of sulfonamides is 1. The standard InChI is InChI=1S/C9H17N3O2S2/c1-7(2)9-11-8(16(10,13)14)6-12(9)4-5-15-3/h6-7H,4-5H2,1-3H3,(H2,10,13,14). The van der Waals surface area contributed by atoms with Crippen molar-refractivity contribution in [1.29, 1.82) is 0 Å². The second-order valence-corrected chi connectivity index (χ2v) is 6.32. The highest BCUT2D eigenvalue weighted by Crippen LogP contribution is 2.17. The maximum atomic E-state index is 11.2. The van der Waals surface area contributed by atoms with Gasteiger partial charge in [0.1, 0.15) is 5.82 Å². The molecule has 5 nitrogen and oxygen atoms in total. The molecular formula is C9H17N3O2S2. The van der Waals surface area contributed by atoms with Crippen LogP contribution in [0.25, 0.3) is 0 Å². The summed E-state index contributed by atoms with van der Waals surface area (Å²) in [5.41, 5.74) is 0. The molecule has 0 unspecified atom stereocenters. The molecular weight excluding hydrogens is 246 g/mol. The molecule has 0 atom stereocenters. The highest BCUT2D eigenvalue weighted by atomic mass is 32.2. The van der Waals surface area contributed by atoms with E-state index in [0.29, 0.717) is 0 Å².